The van der Waals surface area contributed by atoms with Crippen molar-refractivity contribution in [3.05, 3.63) is 0 Å². The maximum absolute atomic E-state index is 12.1. The summed E-state index contributed by atoms with van der Waals surface area (Å²) < 4.78 is 12.1. The summed E-state index contributed by atoms with van der Waals surface area (Å²) in [6.45, 7) is 2.19. The molecule has 0 aromatic carbocycles. The minimum atomic E-state index is -1.10. The van der Waals surface area contributed by atoms with Crippen molar-refractivity contribution in [2.75, 3.05) is 0 Å². The molecular weight excluding hydrogens is 141 g/mol. The summed E-state index contributed by atoms with van der Waals surface area (Å²) >= 11 is 0. The molecule has 0 bridgehead atoms. The quantitative estimate of drug-likeness (QED) is 0.451. The van der Waals surface area contributed by atoms with Crippen LogP contribution >= 0.6 is 0 Å². The van der Waals surface area contributed by atoms with Gasteiger partial charge >= 0.3 is 0 Å². The molecule has 0 aliphatic carbocycles. The van der Waals surface area contributed by atoms with Gasteiger partial charge in [0.05, 0.1) is 0 Å². The molecule has 0 amide bonds. The smallest absolute Gasteiger partial charge is 0.148 e. The maximum Gasteiger partial charge on any atom is 0.148 e. The molecule has 0 saturated carbocycles. The highest BCUT2D eigenvalue weighted by Crippen LogP contribution is 2.07. The first-order valence-corrected chi connectivity index (χ1v) is 4.67. The fraction of sp³-hybridized carbons (Fsp3) is 1.00. The molecule has 0 spiro atoms. The lowest BCUT2D eigenvalue weighted by molar-refractivity contribution is 0.314. The highest BCUT2D eigenvalue weighted by molar-refractivity contribution is 4.48. The molecule has 0 radical (unpaired) electrons. The Morgan fingerprint density at radius 2 is 1.64 bits per heavy atom. The lowest BCUT2D eigenvalue weighted by atomic mass is 10.1. The average molecular weight is 161 g/mol. The Morgan fingerprint density at radius 1 is 1.09 bits per heavy atom. The van der Waals surface area contributed by atoms with Crippen molar-refractivity contribution in [1.29, 1.82) is 0 Å². The van der Waals surface area contributed by atoms with Crippen LogP contribution in [0, 0.1) is 0 Å². The van der Waals surface area contributed by atoms with Gasteiger partial charge in [-0.1, -0.05) is 39.0 Å². The Hall–Kier alpha value is -0.110. The fourth-order valence-electron chi connectivity index (χ4n) is 1.12. The molecular formula is C9H20FN. The van der Waals surface area contributed by atoms with Crippen LogP contribution in [0.1, 0.15) is 51.9 Å². The van der Waals surface area contributed by atoms with Gasteiger partial charge in [0.25, 0.3) is 0 Å². The third-order valence-corrected chi connectivity index (χ3v) is 1.83. The molecule has 1 nitrogen and oxygen atoms in total. The lowest BCUT2D eigenvalue weighted by Gasteiger charge is -2.01. The van der Waals surface area contributed by atoms with Crippen LogP contribution < -0.4 is 5.73 Å². The minimum Gasteiger partial charge on any atom is -0.302 e. The molecule has 0 heterocycles. The molecule has 0 aromatic heterocycles. The van der Waals surface area contributed by atoms with E-state index in [1.807, 2.05) is 0 Å². The van der Waals surface area contributed by atoms with E-state index in [1.54, 1.807) is 0 Å². The van der Waals surface area contributed by atoms with Gasteiger partial charge in [0.15, 0.2) is 0 Å². The molecule has 1 atom stereocenters. The van der Waals surface area contributed by atoms with E-state index in [0.717, 1.165) is 12.8 Å². The zero-order valence-electron chi connectivity index (χ0n) is 7.48. The van der Waals surface area contributed by atoms with Gasteiger partial charge < -0.3 is 5.73 Å². The van der Waals surface area contributed by atoms with E-state index in [0.29, 0.717) is 6.42 Å². The van der Waals surface area contributed by atoms with E-state index in [1.165, 1.54) is 25.7 Å². The van der Waals surface area contributed by atoms with E-state index in [9.17, 15) is 4.39 Å². The predicted molar refractivity (Wildman–Crippen MR) is 47.1 cm³/mol. The summed E-state index contributed by atoms with van der Waals surface area (Å²) in [5.41, 5.74) is 4.97. The Kier molecular flexibility index (Phi) is 7.91. The number of unbranched alkanes of at least 4 members (excludes halogenated alkanes) is 5. The third kappa shape index (κ3) is 9.89. The fourth-order valence-corrected chi connectivity index (χ4v) is 1.12. The van der Waals surface area contributed by atoms with Gasteiger partial charge in [-0.25, -0.2) is 4.39 Å². The number of nitrogens with two attached hydrogens (primary N) is 1. The van der Waals surface area contributed by atoms with Crippen LogP contribution in [-0.4, -0.2) is 6.30 Å². The van der Waals surface area contributed by atoms with Gasteiger partial charge in [-0.3, -0.25) is 0 Å². The number of hydrogen-bond acceptors (Lipinski definition) is 1. The normalized spacial score (nSPS) is 13.4. The molecule has 0 saturated heterocycles. The summed E-state index contributed by atoms with van der Waals surface area (Å²) in [6, 6.07) is 0. The Balaban J connectivity index is 2.80. The summed E-state index contributed by atoms with van der Waals surface area (Å²) in [4.78, 5) is 0. The number of hydrogen-bond donors (Lipinski definition) is 1. The van der Waals surface area contributed by atoms with Crippen LogP contribution in [0.15, 0.2) is 0 Å². The van der Waals surface area contributed by atoms with Gasteiger partial charge in [-0.2, -0.15) is 0 Å². The molecule has 0 aromatic rings. The summed E-state index contributed by atoms with van der Waals surface area (Å²) in [7, 11) is 0. The van der Waals surface area contributed by atoms with Crippen molar-refractivity contribution in [3.63, 3.8) is 0 Å². The molecule has 68 valence electrons. The summed E-state index contributed by atoms with van der Waals surface area (Å²) in [6.07, 6.45) is 6.62. The van der Waals surface area contributed by atoms with E-state index >= 15 is 0 Å². The molecule has 11 heavy (non-hydrogen) atoms. The second-order valence-electron chi connectivity index (χ2n) is 3.07. The average Bonchev–Trinajstić information content (AvgIpc) is 1.96. The summed E-state index contributed by atoms with van der Waals surface area (Å²) in [5, 5.41) is 0. The molecule has 0 aliphatic rings. The molecule has 0 rings (SSSR count). The van der Waals surface area contributed by atoms with Gasteiger partial charge in [-0.05, 0) is 12.8 Å². The number of halogens is 1. The first-order valence-electron chi connectivity index (χ1n) is 4.67. The van der Waals surface area contributed by atoms with Crippen molar-refractivity contribution in [2.45, 2.75) is 58.2 Å². The molecule has 0 fully saturated rings. The molecule has 2 heteroatoms. The van der Waals surface area contributed by atoms with Crippen LogP contribution in [0.4, 0.5) is 4.39 Å². The van der Waals surface area contributed by atoms with Crippen molar-refractivity contribution >= 4 is 0 Å². The van der Waals surface area contributed by atoms with Crippen LogP contribution in [0.3, 0.4) is 0 Å². The van der Waals surface area contributed by atoms with E-state index in [4.69, 9.17) is 5.73 Å². The third-order valence-electron chi connectivity index (χ3n) is 1.83. The monoisotopic (exact) mass is 161 g/mol. The van der Waals surface area contributed by atoms with Crippen LogP contribution in [-0.2, 0) is 0 Å². The van der Waals surface area contributed by atoms with Crippen molar-refractivity contribution < 1.29 is 4.39 Å². The SMILES string of the molecule is CCCCCCCCC(N)F. The van der Waals surface area contributed by atoms with E-state index < -0.39 is 6.30 Å². The standard InChI is InChI=1S/C9H20FN/c1-2-3-4-5-6-7-8-9(10)11/h9H,2-8,11H2,1H3. The van der Waals surface area contributed by atoms with Gasteiger partial charge in [0.1, 0.15) is 6.30 Å². The second-order valence-corrected chi connectivity index (χ2v) is 3.07. The van der Waals surface area contributed by atoms with Gasteiger partial charge in [0.2, 0.25) is 0 Å². The predicted octanol–water partition coefficient (Wildman–Crippen LogP) is 2.99. The number of rotatable bonds is 7. The van der Waals surface area contributed by atoms with E-state index in [-0.39, 0.29) is 0 Å². The number of alkyl halides is 1. The van der Waals surface area contributed by atoms with Crippen LogP contribution in [0.25, 0.3) is 0 Å². The van der Waals surface area contributed by atoms with Crippen molar-refractivity contribution in [1.82, 2.24) is 0 Å². The van der Waals surface area contributed by atoms with Crippen LogP contribution in [0.2, 0.25) is 0 Å². The molecule has 2 N–H and O–H groups in total. The minimum absolute atomic E-state index is 0.534. The Morgan fingerprint density at radius 3 is 2.18 bits per heavy atom. The topological polar surface area (TPSA) is 26.0 Å². The zero-order chi connectivity index (χ0) is 8.53. The molecule has 1 unspecified atom stereocenters. The first-order chi connectivity index (χ1) is 5.27. The van der Waals surface area contributed by atoms with Crippen LogP contribution in [0.5, 0.6) is 0 Å². The van der Waals surface area contributed by atoms with Gasteiger partial charge in [-0.15, -0.1) is 0 Å². The zero-order valence-corrected chi connectivity index (χ0v) is 7.48. The van der Waals surface area contributed by atoms with Crippen molar-refractivity contribution in [2.24, 2.45) is 5.73 Å². The first kappa shape index (κ1) is 10.9. The summed E-state index contributed by atoms with van der Waals surface area (Å²) in [5.74, 6) is 0. The maximum atomic E-state index is 12.1. The Bertz CT molecular complexity index is 74.0. The van der Waals surface area contributed by atoms with Crippen molar-refractivity contribution in [3.8, 4) is 0 Å². The highest BCUT2D eigenvalue weighted by Gasteiger charge is 1.96. The van der Waals surface area contributed by atoms with E-state index in [2.05, 4.69) is 6.92 Å². The second kappa shape index (κ2) is 7.99. The van der Waals surface area contributed by atoms with Gasteiger partial charge in [0, 0.05) is 0 Å². The largest absolute Gasteiger partial charge is 0.302 e. The highest BCUT2D eigenvalue weighted by atomic mass is 19.1. The molecule has 0 aliphatic heterocycles. The Labute approximate surface area is 69.2 Å². The lowest BCUT2D eigenvalue weighted by Crippen LogP contribution is -2.11.